The zero-order chi connectivity index (χ0) is 11.5. The fourth-order valence-electron chi connectivity index (χ4n) is 1.35. The molecule has 5 nitrogen and oxygen atoms in total. The molecule has 0 saturated heterocycles. The lowest BCUT2D eigenvalue weighted by Gasteiger charge is -2.03. The molecule has 1 aromatic rings. The molecule has 0 atom stereocenters. The Hall–Kier alpha value is -1.30. The van der Waals surface area contributed by atoms with Crippen molar-refractivity contribution in [3.63, 3.8) is 0 Å². The number of rotatable bonds is 5. The Kier molecular flexibility index (Phi) is 3.28. The van der Waals surface area contributed by atoms with Crippen molar-refractivity contribution in [2.45, 2.75) is 24.5 Å². The van der Waals surface area contributed by atoms with Crippen molar-refractivity contribution in [2.75, 3.05) is 5.75 Å². The number of aromatic amines is 1. The largest absolute Gasteiger partial charge is 0.354 e. The molecule has 16 heavy (non-hydrogen) atoms. The van der Waals surface area contributed by atoms with E-state index in [0.29, 0.717) is 23.4 Å². The lowest BCUT2D eigenvalue weighted by atomic mass is 10.4. The molecular weight excluding hydrogens is 226 g/mol. The van der Waals surface area contributed by atoms with Gasteiger partial charge in [0, 0.05) is 12.3 Å². The van der Waals surface area contributed by atoms with Gasteiger partial charge in [-0.2, -0.15) is 4.98 Å². The van der Waals surface area contributed by atoms with Gasteiger partial charge in [0.05, 0.1) is 0 Å². The van der Waals surface area contributed by atoms with Gasteiger partial charge in [-0.25, -0.2) is 14.2 Å². The van der Waals surface area contributed by atoms with E-state index in [2.05, 4.69) is 16.5 Å². The van der Waals surface area contributed by atoms with E-state index < -0.39 is 5.69 Å². The second-order valence-corrected chi connectivity index (χ2v) is 4.79. The molecule has 1 aromatic heterocycles. The van der Waals surface area contributed by atoms with Crippen molar-refractivity contribution >= 4 is 11.8 Å². The Morgan fingerprint density at radius 3 is 2.88 bits per heavy atom. The number of hydrogen-bond acceptors (Lipinski definition) is 4. The maximum absolute atomic E-state index is 11.6. The highest BCUT2D eigenvalue weighted by atomic mass is 32.2. The first-order valence-corrected chi connectivity index (χ1v) is 6.14. The maximum Gasteiger partial charge on any atom is 0.354 e. The predicted molar refractivity (Wildman–Crippen MR) is 62.8 cm³/mol. The highest BCUT2D eigenvalue weighted by molar-refractivity contribution is 7.99. The van der Waals surface area contributed by atoms with Gasteiger partial charge in [-0.1, -0.05) is 17.8 Å². The second kappa shape index (κ2) is 4.69. The first kappa shape index (κ1) is 11.2. The molecule has 6 heteroatoms. The number of nitrogens with zero attached hydrogens (tertiary/aromatic N) is 2. The van der Waals surface area contributed by atoms with Crippen LogP contribution in [-0.4, -0.2) is 20.3 Å². The molecule has 0 radical (unpaired) electrons. The van der Waals surface area contributed by atoms with E-state index in [1.54, 1.807) is 6.08 Å². The molecule has 86 valence electrons. The van der Waals surface area contributed by atoms with Gasteiger partial charge in [-0.3, -0.25) is 4.98 Å². The molecular formula is C10H13N3O2S. The van der Waals surface area contributed by atoms with E-state index >= 15 is 0 Å². The Labute approximate surface area is 96.6 Å². The molecule has 1 N–H and O–H groups in total. The number of H-pyrrole nitrogens is 1. The third-order valence-electron chi connectivity index (χ3n) is 2.36. The number of hydrogen-bond donors (Lipinski definition) is 1. The summed E-state index contributed by atoms with van der Waals surface area (Å²) in [4.78, 5) is 29.6. The van der Waals surface area contributed by atoms with E-state index in [4.69, 9.17) is 0 Å². The van der Waals surface area contributed by atoms with Crippen LogP contribution >= 0.6 is 11.8 Å². The third kappa shape index (κ3) is 2.63. The lowest BCUT2D eigenvalue weighted by molar-refractivity contribution is 0.542. The first-order chi connectivity index (χ1) is 7.70. The monoisotopic (exact) mass is 239 g/mol. The second-order valence-electron chi connectivity index (χ2n) is 3.78. The Balaban J connectivity index is 2.23. The van der Waals surface area contributed by atoms with E-state index in [1.165, 1.54) is 16.3 Å². The highest BCUT2D eigenvalue weighted by Gasteiger charge is 2.23. The van der Waals surface area contributed by atoms with Crippen LogP contribution in [0, 0.1) is 5.92 Å². The van der Waals surface area contributed by atoms with E-state index in [-0.39, 0.29) is 5.69 Å². The van der Waals surface area contributed by atoms with Crippen LogP contribution in [0.3, 0.4) is 0 Å². The molecule has 0 aliphatic heterocycles. The Morgan fingerprint density at radius 1 is 1.56 bits per heavy atom. The van der Waals surface area contributed by atoms with Crippen LogP contribution in [0.15, 0.2) is 27.4 Å². The van der Waals surface area contributed by atoms with Crippen molar-refractivity contribution in [3.05, 3.63) is 33.6 Å². The van der Waals surface area contributed by atoms with Gasteiger partial charge in [-0.05, 0) is 18.8 Å². The van der Waals surface area contributed by atoms with Gasteiger partial charge >= 0.3 is 11.4 Å². The van der Waals surface area contributed by atoms with Gasteiger partial charge in [0.2, 0.25) is 0 Å². The summed E-state index contributed by atoms with van der Waals surface area (Å²) in [6, 6.07) is 0. The minimum absolute atomic E-state index is 0.363. The highest BCUT2D eigenvalue weighted by Crippen LogP contribution is 2.29. The van der Waals surface area contributed by atoms with Crippen LogP contribution in [0.25, 0.3) is 0 Å². The van der Waals surface area contributed by atoms with Crippen molar-refractivity contribution in [1.82, 2.24) is 14.5 Å². The van der Waals surface area contributed by atoms with Crippen LogP contribution in [0.5, 0.6) is 0 Å². The molecule has 1 aliphatic rings. The first-order valence-electron chi connectivity index (χ1n) is 5.15. The quantitative estimate of drug-likeness (QED) is 0.604. The molecule has 1 aliphatic carbocycles. The van der Waals surface area contributed by atoms with Gasteiger partial charge in [0.1, 0.15) is 0 Å². The van der Waals surface area contributed by atoms with E-state index in [0.717, 1.165) is 12.8 Å². The zero-order valence-electron chi connectivity index (χ0n) is 8.81. The summed E-state index contributed by atoms with van der Waals surface area (Å²) in [5.74, 6) is 1.10. The normalized spacial score (nSPS) is 15.0. The van der Waals surface area contributed by atoms with Crippen LogP contribution in [-0.2, 0) is 6.54 Å². The number of thioether (sulfide) groups is 1. The summed E-state index contributed by atoms with van der Waals surface area (Å²) in [6.45, 7) is 4.06. The van der Waals surface area contributed by atoms with Crippen molar-refractivity contribution in [2.24, 2.45) is 5.92 Å². The van der Waals surface area contributed by atoms with Crippen molar-refractivity contribution in [3.8, 4) is 0 Å². The van der Waals surface area contributed by atoms with Crippen LogP contribution in [0.1, 0.15) is 12.8 Å². The minimum Gasteiger partial charge on any atom is -0.286 e. The average molecular weight is 239 g/mol. The van der Waals surface area contributed by atoms with Crippen LogP contribution in [0.2, 0.25) is 0 Å². The molecule has 0 aromatic carbocycles. The SMILES string of the molecule is C=CCSc1nc(=O)n(CC2CC2)c(=O)[nH]1. The summed E-state index contributed by atoms with van der Waals surface area (Å²) >= 11 is 1.29. The molecule has 0 amide bonds. The smallest absolute Gasteiger partial charge is 0.286 e. The fraction of sp³-hybridized carbons (Fsp3) is 0.500. The average Bonchev–Trinajstić information content (AvgIpc) is 3.04. The summed E-state index contributed by atoms with van der Waals surface area (Å²) in [5.41, 5.74) is -0.819. The summed E-state index contributed by atoms with van der Waals surface area (Å²) in [7, 11) is 0. The lowest BCUT2D eigenvalue weighted by Crippen LogP contribution is -2.37. The molecule has 1 saturated carbocycles. The Morgan fingerprint density at radius 2 is 2.31 bits per heavy atom. The summed E-state index contributed by atoms with van der Waals surface area (Å²) in [5, 5.41) is 0.363. The predicted octanol–water partition coefficient (Wildman–Crippen LogP) is 0.620. The molecule has 0 bridgehead atoms. The third-order valence-corrected chi connectivity index (χ3v) is 3.23. The van der Waals surface area contributed by atoms with Crippen LogP contribution in [0.4, 0.5) is 0 Å². The fourth-order valence-corrected chi connectivity index (χ4v) is 1.92. The van der Waals surface area contributed by atoms with Crippen molar-refractivity contribution < 1.29 is 0 Å². The molecule has 0 spiro atoms. The number of aromatic nitrogens is 3. The summed E-state index contributed by atoms with van der Waals surface area (Å²) < 4.78 is 1.18. The van der Waals surface area contributed by atoms with E-state index in [9.17, 15) is 9.59 Å². The maximum atomic E-state index is 11.6. The van der Waals surface area contributed by atoms with Gasteiger partial charge in [0.25, 0.3) is 0 Å². The molecule has 2 rings (SSSR count). The van der Waals surface area contributed by atoms with Gasteiger partial charge in [-0.15, -0.1) is 6.58 Å². The standard InChI is InChI=1S/C10H13N3O2S/c1-2-5-16-8-11-9(14)13(10(15)12-8)6-7-3-4-7/h2,7H,1,3-6H2,(H,11,12,14,15). The topological polar surface area (TPSA) is 67.8 Å². The minimum atomic E-state index is -0.456. The molecule has 0 unspecified atom stereocenters. The van der Waals surface area contributed by atoms with Gasteiger partial charge in [0.15, 0.2) is 5.16 Å². The van der Waals surface area contributed by atoms with Crippen LogP contribution < -0.4 is 11.4 Å². The van der Waals surface area contributed by atoms with Crippen molar-refractivity contribution in [1.29, 1.82) is 0 Å². The van der Waals surface area contributed by atoms with E-state index in [1.807, 2.05) is 0 Å². The summed E-state index contributed by atoms with van der Waals surface area (Å²) in [6.07, 6.45) is 3.89. The van der Waals surface area contributed by atoms with Gasteiger partial charge < -0.3 is 0 Å². The molecule has 1 heterocycles. The molecule has 1 fully saturated rings. The zero-order valence-corrected chi connectivity index (χ0v) is 9.63. The number of nitrogens with one attached hydrogen (secondary N) is 1. The Bertz CT molecular complexity index is 470.